The molecule has 14 nitrogen and oxygen atoms in total. The van der Waals surface area contributed by atoms with Gasteiger partial charge in [-0.15, -0.1) is 0 Å². The highest BCUT2D eigenvalue weighted by Crippen LogP contribution is 2.04. The molecule has 0 bridgehead atoms. The van der Waals surface area contributed by atoms with Gasteiger partial charge in [0.1, 0.15) is 18.1 Å². The number of hydrogen-bond donors (Lipinski definition) is 8. The lowest BCUT2D eigenvalue weighted by Gasteiger charge is -2.25. The van der Waals surface area contributed by atoms with Gasteiger partial charge in [0.2, 0.25) is 23.6 Å². The summed E-state index contributed by atoms with van der Waals surface area (Å²) in [6.45, 7) is 2.32. The molecule has 0 spiro atoms. The Morgan fingerprint density at radius 1 is 1.06 bits per heavy atom. The van der Waals surface area contributed by atoms with E-state index >= 15 is 0 Å². The highest BCUT2D eigenvalue weighted by atomic mass is 16.4. The third kappa shape index (κ3) is 9.24. The van der Waals surface area contributed by atoms with E-state index in [-0.39, 0.29) is 19.3 Å². The van der Waals surface area contributed by atoms with Gasteiger partial charge in [-0.05, 0) is 12.3 Å². The first kappa shape index (κ1) is 27.5. The molecule has 184 valence electrons. The number of aliphatic hydroxyl groups excluding tert-OH is 1. The predicted molar refractivity (Wildman–Crippen MR) is 114 cm³/mol. The van der Waals surface area contributed by atoms with Crippen LogP contribution in [-0.2, 0) is 30.4 Å². The summed E-state index contributed by atoms with van der Waals surface area (Å²) in [6.07, 6.45) is 2.56. The lowest BCUT2D eigenvalue weighted by Crippen LogP contribution is -2.58. The normalized spacial score (nSPS) is 14.6. The van der Waals surface area contributed by atoms with Gasteiger partial charge in [0, 0.05) is 24.7 Å². The summed E-state index contributed by atoms with van der Waals surface area (Å²) in [4.78, 5) is 66.6. The maximum atomic E-state index is 12.7. The van der Waals surface area contributed by atoms with Crippen LogP contribution in [0.2, 0.25) is 0 Å². The first-order valence-corrected chi connectivity index (χ1v) is 10.2. The predicted octanol–water partition coefficient (Wildman–Crippen LogP) is -3.27. The van der Waals surface area contributed by atoms with Crippen LogP contribution in [0.25, 0.3) is 0 Å². The molecule has 0 aliphatic heterocycles. The third-order valence-electron chi connectivity index (χ3n) is 4.69. The van der Waals surface area contributed by atoms with Crippen molar-refractivity contribution in [3.63, 3.8) is 0 Å². The Morgan fingerprint density at radius 3 is 2.15 bits per heavy atom. The number of carbonyl (C=O) groups excluding carboxylic acids is 4. The Labute approximate surface area is 189 Å². The van der Waals surface area contributed by atoms with Crippen molar-refractivity contribution in [2.45, 2.75) is 57.3 Å². The van der Waals surface area contributed by atoms with Gasteiger partial charge in [-0.1, -0.05) is 13.8 Å². The average molecular weight is 469 g/mol. The van der Waals surface area contributed by atoms with Gasteiger partial charge >= 0.3 is 5.97 Å². The lowest BCUT2D eigenvalue weighted by molar-refractivity contribution is -0.143. The molecule has 4 amide bonds. The van der Waals surface area contributed by atoms with Crippen LogP contribution in [0.1, 0.15) is 32.4 Å². The molecular formula is C19H31N7O7. The molecule has 0 saturated carbocycles. The Morgan fingerprint density at radius 2 is 1.67 bits per heavy atom. The van der Waals surface area contributed by atoms with Crippen LogP contribution < -0.4 is 27.4 Å². The lowest BCUT2D eigenvalue weighted by atomic mass is 10.0. The molecule has 0 fully saturated rings. The van der Waals surface area contributed by atoms with Crippen LogP contribution in [0.5, 0.6) is 0 Å². The van der Waals surface area contributed by atoms with Crippen LogP contribution in [0.15, 0.2) is 12.5 Å². The number of aliphatic carboxylic acids is 1. The molecule has 1 aromatic heterocycles. The van der Waals surface area contributed by atoms with Crippen molar-refractivity contribution in [3.8, 4) is 0 Å². The van der Waals surface area contributed by atoms with E-state index in [4.69, 9.17) is 11.5 Å². The fourth-order valence-corrected chi connectivity index (χ4v) is 2.79. The molecule has 0 radical (unpaired) electrons. The smallest absolute Gasteiger partial charge is 0.326 e. The van der Waals surface area contributed by atoms with E-state index in [1.807, 2.05) is 0 Å². The van der Waals surface area contributed by atoms with Crippen molar-refractivity contribution in [3.05, 3.63) is 18.2 Å². The number of rotatable bonds is 14. The quantitative estimate of drug-likeness (QED) is 0.136. The van der Waals surface area contributed by atoms with Crippen molar-refractivity contribution in [2.75, 3.05) is 6.61 Å². The Hall–Kier alpha value is -3.52. The van der Waals surface area contributed by atoms with Crippen LogP contribution in [0, 0.1) is 5.92 Å². The number of nitrogens with zero attached hydrogens (tertiary/aromatic N) is 1. The highest BCUT2D eigenvalue weighted by molar-refractivity contribution is 5.94. The number of aromatic nitrogens is 2. The average Bonchev–Trinajstić information content (AvgIpc) is 3.24. The van der Waals surface area contributed by atoms with Crippen molar-refractivity contribution < 1.29 is 34.2 Å². The zero-order chi connectivity index (χ0) is 25.1. The van der Waals surface area contributed by atoms with Gasteiger partial charge in [-0.2, -0.15) is 0 Å². The van der Waals surface area contributed by atoms with E-state index in [1.54, 1.807) is 13.8 Å². The van der Waals surface area contributed by atoms with Crippen molar-refractivity contribution in [1.82, 2.24) is 25.9 Å². The summed E-state index contributed by atoms with van der Waals surface area (Å²) in [7, 11) is 0. The van der Waals surface area contributed by atoms with E-state index in [0.717, 1.165) is 0 Å². The number of hydrogen-bond acceptors (Lipinski definition) is 8. The van der Waals surface area contributed by atoms with E-state index in [0.29, 0.717) is 5.69 Å². The fraction of sp³-hybridized carbons (Fsp3) is 0.579. The maximum absolute atomic E-state index is 12.7. The van der Waals surface area contributed by atoms with E-state index in [9.17, 15) is 34.2 Å². The molecule has 10 N–H and O–H groups in total. The first-order valence-electron chi connectivity index (χ1n) is 10.2. The molecular weight excluding hydrogens is 438 g/mol. The summed E-state index contributed by atoms with van der Waals surface area (Å²) in [6, 6.07) is -5.08. The Bertz CT molecular complexity index is 828. The van der Waals surface area contributed by atoms with Gasteiger partial charge in [0.05, 0.1) is 19.0 Å². The zero-order valence-corrected chi connectivity index (χ0v) is 18.4. The standard InChI is InChI=1S/C19H31N7O7/c1-9(2)15(19(32)33)26-18(31)13(7-27)25-17(30)12(3-4-14(21)28)24-16(29)11(20)5-10-6-22-8-23-10/h6,8-9,11-13,15,27H,3-5,7,20H2,1-2H3,(H2,21,28)(H,22,23)(H,24,29)(H,25,30)(H,26,31)(H,32,33). The van der Waals surface area contributed by atoms with Gasteiger partial charge in [0.15, 0.2) is 0 Å². The minimum absolute atomic E-state index is 0.101. The summed E-state index contributed by atoms with van der Waals surface area (Å²) in [5.74, 6) is -4.97. The molecule has 0 aromatic carbocycles. The summed E-state index contributed by atoms with van der Waals surface area (Å²) in [5.41, 5.74) is 11.6. The summed E-state index contributed by atoms with van der Waals surface area (Å²) in [5, 5.41) is 25.6. The van der Waals surface area contributed by atoms with Gasteiger partial charge in [-0.3, -0.25) is 19.2 Å². The molecule has 0 aliphatic rings. The van der Waals surface area contributed by atoms with Crippen LogP contribution >= 0.6 is 0 Å². The summed E-state index contributed by atoms with van der Waals surface area (Å²) >= 11 is 0. The molecule has 1 heterocycles. The number of aromatic amines is 1. The van der Waals surface area contributed by atoms with Crippen molar-refractivity contribution >= 4 is 29.6 Å². The monoisotopic (exact) mass is 469 g/mol. The Kier molecular flexibility index (Phi) is 10.9. The second kappa shape index (κ2) is 13.1. The van der Waals surface area contributed by atoms with Gasteiger partial charge in [0.25, 0.3) is 0 Å². The minimum Gasteiger partial charge on any atom is -0.480 e. The zero-order valence-electron chi connectivity index (χ0n) is 18.4. The highest BCUT2D eigenvalue weighted by Gasteiger charge is 2.31. The molecule has 1 rings (SSSR count). The molecule has 4 atom stereocenters. The summed E-state index contributed by atoms with van der Waals surface area (Å²) < 4.78 is 0. The molecule has 4 unspecified atom stereocenters. The van der Waals surface area contributed by atoms with E-state index < -0.39 is 66.3 Å². The fourth-order valence-electron chi connectivity index (χ4n) is 2.79. The molecule has 33 heavy (non-hydrogen) atoms. The second-order valence-electron chi connectivity index (χ2n) is 7.77. The number of H-pyrrole nitrogens is 1. The van der Waals surface area contributed by atoms with Crippen LogP contribution in [-0.4, -0.2) is 80.6 Å². The number of amides is 4. The number of carboxylic acid groups (broad SMARTS) is 1. The van der Waals surface area contributed by atoms with Gasteiger partial charge in [-0.25, -0.2) is 9.78 Å². The van der Waals surface area contributed by atoms with E-state index in [1.165, 1.54) is 12.5 Å². The maximum Gasteiger partial charge on any atom is 0.326 e. The van der Waals surface area contributed by atoms with Crippen LogP contribution in [0.3, 0.4) is 0 Å². The molecule has 0 saturated heterocycles. The van der Waals surface area contributed by atoms with E-state index in [2.05, 4.69) is 25.9 Å². The first-order chi connectivity index (χ1) is 15.5. The number of aliphatic hydroxyl groups is 1. The molecule has 0 aliphatic carbocycles. The largest absolute Gasteiger partial charge is 0.480 e. The number of carboxylic acids is 1. The second-order valence-corrected chi connectivity index (χ2v) is 7.77. The van der Waals surface area contributed by atoms with Crippen molar-refractivity contribution in [1.29, 1.82) is 0 Å². The number of primary amides is 1. The third-order valence-corrected chi connectivity index (χ3v) is 4.69. The topological polar surface area (TPSA) is 243 Å². The number of nitrogens with one attached hydrogen (secondary N) is 4. The SMILES string of the molecule is CC(C)C(NC(=O)C(CO)NC(=O)C(CCC(N)=O)NC(=O)C(N)Cc1cnc[nH]1)C(=O)O. The minimum atomic E-state index is -1.50. The molecule has 1 aromatic rings. The van der Waals surface area contributed by atoms with Crippen molar-refractivity contribution in [2.24, 2.45) is 17.4 Å². The van der Waals surface area contributed by atoms with Crippen LogP contribution in [0.4, 0.5) is 0 Å². The number of nitrogens with two attached hydrogens (primary N) is 2. The van der Waals surface area contributed by atoms with Gasteiger partial charge < -0.3 is 42.6 Å². The number of imidazole rings is 1. The molecule has 14 heteroatoms. The Balaban J connectivity index is 2.86. The number of carbonyl (C=O) groups is 5.